The molecule has 0 aliphatic rings. The number of aryl methyl sites for hydroxylation is 1. The molecule has 30 heavy (non-hydrogen) atoms. The molecule has 0 radical (unpaired) electrons. The van der Waals surface area contributed by atoms with E-state index in [-0.39, 0.29) is 11.7 Å². The van der Waals surface area contributed by atoms with Crippen LogP contribution in [0, 0.1) is 6.92 Å². The van der Waals surface area contributed by atoms with Crippen molar-refractivity contribution in [2.75, 3.05) is 34.2 Å². The van der Waals surface area contributed by atoms with Gasteiger partial charge in [0, 0.05) is 31.3 Å². The fraction of sp³-hybridized carbons (Fsp3) is 0.261. The number of phenols is 1. The van der Waals surface area contributed by atoms with Gasteiger partial charge in [0.2, 0.25) is 0 Å². The molecule has 0 saturated carbocycles. The van der Waals surface area contributed by atoms with Crippen LogP contribution in [0.4, 0.5) is 0 Å². The van der Waals surface area contributed by atoms with Gasteiger partial charge in [-0.25, -0.2) is 4.79 Å². The lowest BCUT2D eigenvalue weighted by atomic mass is 10.0. The van der Waals surface area contributed by atoms with Crippen molar-refractivity contribution < 1.29 is 9.90 Å². The molecular formula is C23H26N4O3. The van der Waals surface area contributed by atoms with E-state index in [1.165, 1.54) is 0 Å². The molecule has 0 fully saturated rings. The molecule has 7 nitrogen and oxygen atoms in total. The Hall–Kier alpha value is -3.45. The molecule has 3 aromatic rings. The fourth-order valence-corrected chi connectivity index (χ4v) is 3.07. The number of nitrogens with zero attached hydrogens (tertiary/aromatic N) is 3. The number of nitrogens with one attached hydrogen (secondary N) is 1. The van der Waals surface area contributed by atoms with E-state index < -0.39 is 5.69 Å². The van der Waals surface area contributed by atoms with Crippen LogP contribution >= 0.6 is 0 Å². The standard InChI is InChI=1S/C23H26N4O3/c1-15-12-17(8-9-21(15)28)20-14-19(24-23(30)25-20)16-6-5-7-18(13-16)22(29)27(4)11-10-26(2)3/h5-9,12-14,28H,10-11H2,1-4H3,(H,24,25,30). The number of aromatic hydroxyl groups is 1. The summed E-state index contributed by atoms with van der Waals surface area (Å²) in [5.74, 6) is 0.109. The van der Waals surface area contributed by atoms with Gasteiger partial charge in [-0.2, -0.15) is 4.98 Å². The summed E-state index contributed by atoms with van der Waals surface area (Å²) in [6.07, 6.45) is 0. The lowest BCUT2D eigenvalue weighted by Crippen LogP contribution is -2.33. The molecule has 1 heterocycles. The first kappa shape index (κ1) is 21.3. The summed E-state index contributed by atoms with van der Waals surface area (Å²) in [6, 6.07) is 14.0. The molecule has 1 amide bonds. The van der Waals surface area contributed by atoms with Crippen LogP contribution in [0.2, 0.25) is 0 Å². The van der Waals surface area contributed by atoms with E-state index in [0.717, 1.165) is 12.1 Å². The number of carbonyl (C=O) groups is 1. The summed E-state index contributed by atoms with van der Waals surface area (Å²) in [4.78, 5) is 35.5. The second-order valence-corrected chi connectivity index (χ2v) is 7.60. The van der Waals surface area contributed by atoms with Gasteiger partial charge in [-0.3, -0.25) is 4.79 Å². The molecule has 2 N–H and O–H groups in total. The van der Waals surface area contributed by atoms with E-state index in [1.54, 1.807) is 61.3 Å². The van der Waals surface area contributed by atoms with Gasteiger partial charge in [0.05, 0.1) is 11.4 Å². The number of H-pyrrole nitrogens is 1. The van der Waals surface area contributed by atoms with Crippen molar-refractivity contribution in [3.8, 4) is 28.3 Å². The zero-order valence-electron chi connectivity index (χ0n) is 17.6. The minimum Gasteiger partial charge on any atom is -0.508 e. The van der Waals surface area contributed by atoms with Gasteiger partial charge in [-0.05, 0) is 68.5 Å². The number of phenolic OH excluding ortho intramolecular Hbond substituents is 1. The number of rotatable bonds is 6. The summed E-state index contributed by atoms with van der Waals surface area (Å²) in [6.45, 7) is 3.18. The lowest BCUT2D eigenvalue weighted by Gasteiger charge is -2.20. The Kier molecular flexibility index (Phi) is 6.32. The van der Waals surface area contributed by atoms with Crippen LogP contribution in [0.1, 0.15) is 15.9 Å². The molecule has 0 bridgehead atoms. The van der Waals surface area contributed by atoms with Crippen molar-refractivity contribution in [3.05, 3.63) is 70.1 Å². The fourth-order valence-electron chi connectivity index (χ4n) is 3.07. The first-order valence-corrected chi connectivity index (χ1v) is 9.66. The van der Waals surface area contributed by atoms with Crippen LogP contribution < -0.4 is 5.69 Å². The Balaban J connectivity index is 1.94. The van der Waals surface area contributed by atoms with E-state index in [2.05, 4.69) is 9.97 Å². The molecule has 0 atom stereocenters. The maximum Gasteiger partial charge on any atom is 0.345 e. The van der Waals surface area contributed by atoms with Crippen LogP contribution in [0.5, 0.6) is 5.75 Å². The highest BCUT2D eigenvalue weighted by molar-refractivity contribution is 5.95. The van der Waals surface area contributed by atoms with Crippen molar-refractivity contribution in [2.24, 2.45) is 0 Å². The average molecular weight is 406 g/mol. The Labute approximate surface area is 175 Å². The molecule has 0 unspecified atom stereocenters. The van der Waals surface area contributed by atoms with Gasteiger partial charge in [0.1, 0.15) is 5.75 Å². The van der Waals surface area contributed by atoms with Crippen molar-refractivity contribution in [1.82, 2.24) is 19.8 Å². The third-order valence-corrected chi connectivity index (χ3v) is 4.89. The van der Waals surface area contributed by atoms with Gasteiger partial charge in [-0.1, -0.05) is 12.1 Å². The maximum absolute atomic E-state index is 12.8. The van der Waals surface area contributed by atoms with Gasteiger partial charge in [-0.15, -0.1) is 0 Å². The van der Waals surface area contributed by atoms with E-state index in [1.807, 2.05) is 25.1 Å². The van der Waals surface area contributed by atoms with Crippen LogP contribution in [0.15, 0.2) is 53.3 Å². The molecular weight excluding hydrogens is 380 g/mol. The summed E-state index contributed by atoms with van der Waals surface area (Å²) in [7, 11) is 5.70. The third-order valence-electron chi connectivity index (χ3n) is 4.89. The minimum absolute atomic E-state index is 0.0853. The first-order valence-electron chi connectivity index (χ1n) is 9.66. The summed E-state index contributed by atoms with van der Waals surface area (Å²) >= 11 is 0. The molecule has 0 saturated heterocycles. The zero-order valence-corrected chi connectivity index (χ0v) is 17.6. The number of hydrogen-bond donors (Lipinski definition) is 2. The topological polar surface area (TPSA) is 89.5 Å². The molecule has 156 valence electrons. The number of carbonyl (C=O) groups excluding carboxylic acids is 1. The summed E-state index contributed by atoms with van der Waals surface area (Å²) in [5, 5.41) is 9.75. The molecule has 0 spiro atoms. The smallest absolute Gasteiger partial charge is 0.345 e. The largest absolute Gasteiger partial charge is 0.508 e. The number of aromatic nitrogens is 2. The monoisotopic (exact) mass is 406 g/mol. The Bertz CT molecular complexity index is 1120. The second-order valence-electron chi connectivity index (χ2n) is 7.60. The Morgan fingerprint density at radius 3 is 2.50 bits per heavy atom. The van der Waals surface area contributed by atoms with Gasteiger partial charge in [0.25, 0.3) is 5.91 Å². The third kappa shape index (κ3) is 4.93. The van der Waals surface area contributed by atoms with Gasteiger partial charge < -0.3 is 19.9 Å². The first-order chi connectivity index (χ1) is 14.2. The van der Waals surface area contributed by atoms with Gasteiger partial charge >= 0.3 is 5.69 Å². The van der Waals surface area contributed by atoms with Crippen LogP contribution in [-0.4, -0.2) is 65.0 Å². The number of aromatic amines is 1. The molecule has 0 aliphatic heterocycles. The predicted octanol–water partition coefficient (Wildman–Crippen LogP) is 2.75. The second kappa shape index (κ2) is 8.92. The minimum atomic E-state index is -0.479. The SMILES string of the molecule is Cc1cc(-c2cc(-c3cccc(C(=O)N(C)CCN(C)C)c3)nc(=O)[nH]2)ccc1O. The molecule has 2 aromatic carbocycles. The van der Waals surface area contributed by atoms with E-state index in [9.17, 15) is 14.7 Å². The van der Waals surface area contributed by atoms with Crippen molar-refractivity contribution in [3.63, 3.8) is 0 Å². The van der Waals surface area contributed by atoms with Crippen molar-refractivity contribution in [2.45, 2.75) is 6.92 Å². The zero-order chi connectivity index (χ0) is 21.8. The highest BCUT2D eigenvalue weighted by Gasteiger charge is 2.14. The van der Waals surface area contributed by atoms with Crippen molar-refractivity contribution in [1.29, 1.82) is 0 Å². The van der Waals surface area contributed by atoms with E-state index >= 15 is 0 Å². The lowest BCUT2D eigenvalue weighted by molar-refractivity contribution is 0.0786. The highest BCUT2D eigenvalue weighted by Crippen LogP contribution is 2.26. The van der Waals surface area contributed by atoms with Crippen LogP contribution in [0.3, 0.4) is 0 Å². The molecule has 7 heteroatoms. The van der Waals surface area contributed by atoms with Crippen molar-refractivity contribution >= 4 is 5.91 Å². The Morgan fingerprint density at radius 2 is 1.80 bits per heavy atom. The highest BCUT2D eigenvalue weighted by atomic mass is 16.3. The maximum atomic E-state index is 12.8. The molecule has 3 rings (SSSR count). The quantitative estimate of drug-likeness (QED) is 0.657. The summed E-state index contributed by atoms with van der Waals surface area (Å²) in [5.41, 5.74) is 3.29. The molecule has 0 aliphatic carbocycles. The van der Waals surface area contributed by atoms with E-state index in [0.29, 0.717) is 34.6 Å². The Morgan fingerprint density at radius 1 is 1.03 bits per heavy atom. The number of hydrogen-bond acceptors (Lipinski definition) is 5. The average Bonchev–Trinajstić information content (AvgIpc) is 2.73. The number of amides is 1. The van der Waals surface area contributed by atoms with Crippen LogP contribution in [0.25, 0.3) is 22.5 Å². The van der Waals surface area contributed by atoms with E-state index in [4.69, 9.17) is 0 Å². The molecule has 1 aromatic heterocycles. The van der Waals surface area contributed by atoms with Gasteiger partial charge in [0.15, 0.2) is 0 Å². The number of benzene rings is 2. The summed E-state index contributed by atoms with van der Waals surface area (Å²) < 4.78 is 0. The van der Waals surface area contributed by atoms with Crippen LogP contribution in [-0.2, 0) is 0 Å². The predicted molar refractivity (Wildman–Crippen MR) is 118 cm³/mol. The normalized spacial score (nSPS) is 11.0. The number of likely N-dealkylation sites (N-methyl/N-ethyl adjacent to an activating group) is 2.